The van der Waals surface area contributed by atoms with Gasteiger partial charge in [0.1, 0.15) is 0 Å². The van der Waals surface area contributed by atoms with Gasteiger partial charge in [-0.15, -0.1) is 0 Å². The molecule has 2 aromatic carbocycles. The Morgan fingerprint density at radius 2 is 1.04 bits per heavy atom. The number of rotatable bonds is 3. The van der Waals surface area contributed by atoms with Crippen LogP contribution in [-0.2, 0) is 0 Å². The zero-order valence-corrected chi connectivity index (χ0v) is 15.3. The summed E-state index contributed by atoms with van der Waals surface area (Å²) in [7, 11) is 0. The first-order chi connectivity index (χ1) is 11.0. The van der Waals surface area contributed by atoms with Gasteiger partial charge in [-0.1, -0.05) is 30.3 Å². The summed E-state index contributed by atoms with van der Waals surface area (Å²) in [5.74, 6) is 0. The lowest BCUT2D eigenvalue weighted by atomic mass is 10.0. The van der Waals surface area contributed by atoms with Crippen LogP contribution in [0.3, 0.4) is 0 Å². The van der Waals surface area contributed by atoms with Crippen molar-refractivity contribution in [1.82, 2.24) is 0 Å². The van der Waals surface area contributed by atoms with Gasteiger partial charge in [-0.05, 0) is 70.9 Å². The molecule has 0 bridgehead atoms. The van der Waals surface area contributed by atoms with E-state index in [-0.39, 0.29) is 0 Å². The minimum Gasteiger partial charge on any atom is -0.758 e. The minimum atomic E-state index is -0.581. The quantitative estimate of drug-likeness (QED) is 0.693. The standard InChI is InChI=1S/C20H26N2O2/c1-19(2,3)21(23)17-12-16(15-10-8-7-9-11-15)13-18(14-17)22(24)20(4,5)6/h7-14H,1-6H3/q-2. The number of benzene rings is 2. The number of hydrogen-bond donors (Lipinski definition) is 0. The molecule has 0 amide bonds. The van der Waals surface area contributed by atoms with Crippen LogP contribution in [0.1, 0.15) is 41.5 Å². The molecule has 0 radical (unpaired) electrons. The van der Waals surface area contributed by atoms with Gasteiger partial charge in [-0.2, -0.15) is 0 Å². The van der Waals surface area contributed by atoms with Crippen molar-refractivity contribution in [1.29, 1.82) is 0 Å². The third kappa shape index (κ3) is 4.08. The Bertz CT molecular complexity index is 647. The maximum Gasteiger partial charge on any atom is 0.0289 e. The van der Waals surface area contributed by atoms with Crippen LogP contribution in [0, 0.1) is 10.4 Å². The van der Waals surface area contributed by atoms with Crippen molar-refractivity contribution in [3.8, 4) is 11.1 Å². The van der Waals surface area contributed by atoms with E-state index in [1.165, 1.54) is 0 Å². The predicted octanol–water partition coefficient (Wildman–Crippen LogP) is 5.56. The second-order valence-corrected chi connectivity index (χ2v) is 8.03. The minimum absolute atomic E-state index is 0.490. The fourth-order valence-electron chi connectivity index (χ4n) is 2.40. The zero-order valence-electron chi connectivity index (χ0n) is 15.3. The Morgan fingerprint density at radius 1 is 0.625 bits per heavy atom. The maximum atomic E-state index is 12.7. The maximum absolute atomic E-state index is 12.7. The van der Waals surface area contributed by atoms with Gasteiger partial charge >= 0.3 is 0 Å². The first-order valence-corrected chi connectivity index (χ1v) is 8.15. The molecular formula is C20H26N2O2-2. The third-order valence-corrected chi connectivity index (χ3v) is 3.70. The van der Waals surface area contributed by atoms with Gasteiger partial charge < -0.3 is 20.5 Å². The van der Waals surface area contributed by atoms with Crippen molar-refractivity contribution < 1.29 is 0 Å². The van der Waals surface area contributed by atoms with Crippen LogP contribution < -0.4 is 10.1 Å². The number of hydroxylamine groups is 2. The SMILES string of the molecule is CC(C)(C)N([O-])c1cc(-c2ccccc2)cc(N([O-])C(C)(C)C)c1. The zero-order chi connectivity index (χ0) is 18.1. The van der Waals surface area contributed by atoms with Gasteiger partial charge in [-0.25, -0.2) is 0 Å². The summed E-state index contributed by atoms with van der Waals surface area (Å²) in [6.07, 6.45) is 0. The molecule has 2 rings (SSSR count). The van der Waals surface area contributed by atoms with Gasteiger partial charge in [0.2, 0.25) is 0 Å². The van der Waals surface area contributed by atoms with E-state index in [9.17, 15) is 10.4 Å². The van der Waals surface area contributed by atoms with E-state index in [4.69, 9.17) is 0 Å². The monoisotopic (exact) mass is 326 g/mol. The molecule has 4 heteroatoms. The summed E-state index contributed by atoms with van der Waals surface area (Å²) in [5, 5.41) is 27.3. The summed E-state index contributed by atoms with van der Waals surface area (Å²) >= 11 is 0. The highest BCUT2D eigenvalue weighted by molar-refractivity contribution is 5.76. The molecule has 2 aromatic rings. The molecule has 0 aliphatic heterocycles. The highest BCUT2D eigenvalue weighted by Gasteiger charge is 2.18. The summed E-state index contributed by atoms with van der Waals surface area (Å²) in [5.41, 5.74) is 1.65. The molecule has 0 fully saturated rings. The molecule has 0 aromatic heterocycles. The summed E-state index contributed by atoms with van der Waals surface area (Å²) in [4.78, 5) is 0. The number of hydrogen-bond acceptors (Lipinski definition) is 4. The molecule has 0 heterocycles. The van der Waals surface area contributed by atoms with E-state index < -0.39 is 11.1 Å². The lowest BCUT2D eigenvalue weighted by Crippen LogP contribution is -2.38. The van der Waals surface area contributed by atoms with Crippen LogP contribution in [0.25, 0.3) is 11.1 Å². The highest BCUT2D eigenvalue weighted by atomic mass is 16.5. The van der Waals surface area contributed by atoms with E-state index in [0.717, 1.165) is 21.3 Å². The molecular weight excluding hydrogens is 300 g/mol. The van der Waals surface area contributed by atoms with Crippen molar-refractivity contribution in [3.63, 3.8) is 0 Å². The van der Waals surface area contributed by atoms with Crippen molar-refractivity contribution in [2.75, 3.05) is 10.1 Å². The van der Waals surface area contributed by atoms with E-state index >= 15 is 0 Å². The Kier molecular flexibility index (Phi) is 4.92. The van der Waals surface area contributed by atoms with Crippen LogP contribution in [-0.4, -0.2) is 11.1 Å². The molecule has 0 aliphatic rings. The lowest BCUT2D eigenvalue weighted by molar-refractivity contribution is 0.552. The summed E-state index contributed by atoms with van der Waals surface area (Å²) in [6.45, 7) is 11.1. The summed E-state index contributed by atoms with van der Waals surface area (Å²) < 4.78 is 0. The topological polar surface area (TPSA) is 52.6 Å². The molecule has 0 atom stereocenters. The van der Waals surface area contributed by atoms with Crippen molar-refractivity contribution in [2.45, 2.75) is 52.6 Å². The van der Waals surface area contributed by atoms with Crippen LogP contribution in [0.5, 0.6) is 0 Å². The Labute approximate surface area is 144 Å². The van der Waals surface area contributed by atoms with Gasteiger partial charge in [0.25, 0.3) is 0 Å². The van der Waals surface area contributed by atoms with Crippen LogP contribution in [0.15, 0.2) is 48.5 Å². The van der Waals surface area contributed by atoms with E-state index in [1.54, 1.807) is 6.07 Å². The van der Waals surface area contributed by atoms with E-state index in [2.05, 4.69) is 0 Å². The molecule has 0 saturated heterocycles. The van der Waals surface area contributed by atoms with Crippen LogP contribution in [0.4, 0.5) is 11.4 Å². The second-order valence-electron chi connectivity index (χ2n) is 8.03. The van der Waals surface area contributed by atoms with Gasteiger partial charge in [0.05, 0.1) is 0 Å². The van der Waals surface area contributed by atoms with Crippen LogP contribution >= 0.6 is 0 Å². The molecule has 0 spiro atoms. The highest BCUT2D eigenvalue weighted by Crippen LogP contribution is 2.35. The van der Waals surface area contributed by atoms with E-state index in [0.29, 0.717) is 11.4 Å². The third-order valence-electron chi connectivity index (χ3n) is 3.70. The number of nitrogens with zero attached hydrogens (tertiary/aromatic N) is 2. The number of anilines is 2. The normalized spacial score (nSPS) is 12.2. The first-order valence-electron chi connectivity index (χ1n) is 8.15. The fourth-order valence-corrected chi connectivity index (χ4v) is 2.40. The second kappa shape index (κ2) is 6.46. The van der Waals surface area contributed by atoms with Crippen molar-refractivity contribution in [3.05, 3.63) is 58.9 Å². The Balaban J connectivity index is 2.60. The van der Waals surface area contributed by atoms with Gasteiger partial charge in [-0.3, -0.25) is 0 Å². The van der Waals surface area contributed by atoms with Crippen LogP contribution in [0.2, 0.25) is 0 Å². The molecule has 0 saturated carbocycles. The van der Waals surface area contributed by atoms with E-state index in [1.807, 2.05) is 84.0 Å². The Morgan fingerprint density at radius 3 is 1.42 bits per heavy atom. The molecule has 4 nitrogen and oxygen atoms in total. The average Bonchev–Trinajstić information content (AvgIpc) is 2.52. The molecule has 0 aliphatic carbocycles. The smallest absolute Gasteiger partial charge is 0.0289 e. The lowest BCUT2D eigenvalue weighted by Gasteiger charge is -2.47. The molecule has 24 heavy (non-hydrogen) atoms. The van der Waals surface area contributed by atoms with Gasteiger partial charge in [0.15, 0.2) is 0 Å². The summed E-state index contributed by atoms with van der Waals surface area (Å²) in [6, 6.07) is 15.1. The first kappa shape index (κ1) is 18.3. The molecule has 0 unspecified atom stereocenters. The van der Waals surface area contributed by atoms with Crippen molar-refractivity contribution in [2.24, 2.45) is 0 Å². The fraction of sp³-hybridized carbons (Fsp3) is 0.400. The Hall–Kier alpha value is -2.04. The molecule has 0 N–H and O–H groups in total. The van der Waals surface area contributed by atoms with Gasteiger partial charge in [0, 0.05) is 22.5 Å². The molecule has 130 valence electrons. The average molecular weight is 326 g/mol. The predicted molar refractivity (Wildman–Crippen MR) is 103 cm³/mol. The van der Waals surface area contributed by atoms with Crippen molar-refractivity contribution >= 4 is 11.4 Å². The largest absolute Gasteiger partial charge is 0.758 e.